The third-order valence-corrected chi connectivity index (χ3v) is 3.80. The summed E-state index contributed by atoms with van der Waals surface area (Å²) >= 11 is 0. The van der Waals surface area contributed by atoms with Crippen molar-refractivity contribution in [1.29, 1.82) is 0 Å². The highest BCUT2D eigenvalue weighted by atomic mass is 35.5. The molecule has 0 aliphatic heterocycles. The van der Waals surface area contributed by atoms with E-state index in [1.165, 1.54) is 6.92 Å². The maximum Gasteiger partial charge on any atom is 0.223 e. The quantitative estimate of drug-likeness (QED) is 0.793. The number of amides is 2. The van der Waals surface area contributed by atoms with E-state index in [1.54, 1.807) is 0 Å². The average Bonchev–Trinajstić information content (AvgIpc) is 2.44. The van der Waals surface area contributed by atoms with Gasteiger partial charge in [0.2, 0.25) is 11.8 Å². The van der Waals surface area contributed by atoms with Gasteiger partial charge in [0.25, 0.3) is 0 Å². The second kappa shape index (κ2) is 8.76. The second-order valence-corrected chi connectivity index (χ2v) is 5.72. The largest absolute Gasteiger partial charge is 0.352 e. The number of nitrogens with one attached hydrogen (secondary N) is 2. The van der Waals surface area contributed by atoms with Crippen LogP contribution < -0.4 is 16.4 Å². The highest BCUT2D eigenvalue weighted by Gasteiger charge is 2.24. The molecule has 1 fully saturated rings. The van der Waals surface area contributed by atoms with E-state index in [0.717, 1.165) is 36.9 Å². The Hall–Kier alpha value is -1.59. The first-order valence-corrected chi connectivity index (χ1v) is 7.44. The highest BCUT2D eigenvalue weighted by Crippen LogP contribution is 2.23. The van der Waals surface area contributed by atoms with Gasteiger partial charge in [-0.15, -0.1) is 12.4 Å². The van der Waals surface area contributed by atoms with E-state index >= 15 is 0 Å². The molecule has 2 unspecified atom stereocenters. The first-order valence-electron chi connectivity index (χ1n) is 7.44. The Labute approximate surface area is 137 Å². The first kappa shape index (κ1) is 18.5. The molecule has 0 heterocycles. The molecule has 1 aliphatic carbocycles. The van der Waals surface area contributed by atoms with Gasteiger partial charge < -0.3 is 16.4 Å². The lowest BCUT2D eigenvalue weighted by atomic mass is 9.85. The van der Waals surface area contributed by atoms with Gasteiger partial charge in [0.1, 0.15) is 0 Å². The van der Waals surface area contributed by atoms with Crippen LogP contribution in [0.25, 0.3) is 0 Å². The molecule has 5 nitrogen and oxygen atoms in total. The Morgan fingerprint density at radius 3 is 2.77 bits per heavy atom. The van der Waals surface area contributed by atoms with Crippen LogP contribution in [0.5, 0.6) is 0 Å². The molecule has 0 radical (unpaired) electrons. The van der Waals surface area contributed by atoms with Gasteiger partial charge in [0, 0.05) is 31.1 Å². The number of nitrogens with two attached hydrogens (primary N) is 1. The molecule has 22 heavy (non-hydrogen) atoms. The number of halogens is 1. The maximum atomic E-state index is 12.1. The Bertz CT molecular complexity index is 522. The van der Waals surface area contributed by atoms with Crippen molar-refractivity contribution in [3.05, 3.63) is 29.8 Å². The summed E-state index contributed by atoms with van der Waals surface area (Å²) in [6.45, 7) is 1.94. The Morgan fingerprint density at radius 2 is 2.09 bits per heavy atom. The lowest BCUT2D eigenvalue weighted by molar-refractivity contribution is -0.126. The molecule has 0 aromatic heterocycles. The molecule has 2 atom stereocenters. The lowest BCUT2D eigenvalue weighted by Gasteiger charge is -2.25. The fourth-order valence-corrected chi connectivity index (χ4v) is 2.76. The second-order valence-electron chi connectivity index (χ2n) is 5.72. The van der Waals surface area contributed by atoms with Gasteiger partial charge in [0.15, 0.2) is 0 Å². The molecule has 1 aromatic rings. The van der Waals surface area contributed by atoms with E-state index in [-0.39, 0.29) is 36.2 Å². The molecule has 122 valence electrons. The van der Waals surface area contributed by atoms with Crippen LogP contribution in [0.1, 0.15) is 38.2 Å². The van der Waals surface area contributed by atoms with E-state index in [2.05, 4.69) is 10.6 Å². The van der Waals surface area contributed by atoms with Crippen LogP contribution >= 0.6 is 12.4 Å². The van der Waals surface area contributed by atoms with E-state index in [9.17, 15) is 9.59 Å². The minimum absolute atomic E-state index is 0. The van der Waals surface area contributed by atoms with Crippen molar-refractivity contribution in [1.82, 2.24) is 5.32 Å². The van der Waals surface area contributed by atoms with Gasteiger partial charge in [-0.1, -0.05) is 18.6 Å². The molecule has 1 saturated carbocycles. The fourth-order valence-electron chi connectivity index (χ4n) is 2.76. The monoisotopic (exact) mass is 325 g/mol. The van der Waals surface area contributed by atoms with Crippen LogP contribution in [0, 0.1) is 5.92 Å². The number of anilines is 1. The molecule has 2 amide bonds. The summed E-state index contributed by atoms with van der Waals surface area (Å²) in [5, 5.41) is 5.70. The standard InChI is InChI=1S/C16H23N3O2.ClH/c1-11(20)19-15-7-2-4-12(8-15)10-18-16(21)13-5-3-6-14(17)9-13;/h2,4,7-8,13-14H,3,5-6,9-10,17H2,1H3,(H,18,21)(H,19,20);1H. The highest BCUT2D eigenvalue weighted by molar-refractivity contribution is 5.88. The van der Waals surface area contributed by atoms with Crippen LogP contribution in [-0.2, 0) is 16.1 Å². The Kier molecular flexibility index (Phi) is 7.35. The molecule has 0 spiro atoms. The van der Waals surface area contributed by atoms with E-state index in [0.29, 0.717) is 6.54 Å². The first-order chi connectivity index (χ1) is 10.0. The zero-order chi connectivity index (χ0) is 15.2. The summed E-state index contributed by atoms with van der Waals surface area (Å²) in [6.07, 6.45) is 3.74. The van der Waals surface area contributed by atoms with Gasteiger partial charge >= 0.3 is 0 Å². The van der Waals surface area contributed by atoms with Crippen molar-refractivity contribution in [2.24, 2.45) is 11.7 Å². The molecular formula is C16H24ClN3O2. The average molecular weight is 326 g/mol. The van der Waals surface area contributed by atoms with Crippen LogP contribution in [-0.4, -0.2) is 17.9 Å². The SMILES string of the molecule is CC(=O)Nc1cccc(CNC(=O)C2CCCC(N)C2)c1.Cl. The number of benzene rings is 1. The van der Waals surface area contributed by atoms with Crippen LogP contribution in [0.15, 0.2) is 24.3 Å². The van der Waals surface area contributed by atoms with Gasteiger partial charge in [-0.2, -0.15) is 0 Å². The fraction of sp³-hybridized carbons (Fsp3) is 0.500. The zero-order valence-electron chi connectivity index (χ0n) is 12.8. The lowest BCUT2D eigenvalue weighted by Crippen LogP contribution is -2.37. The Balaban J connectivity index is 0.00000242. The van der Waals surface area contributed by atoms with Gasteiger partial charge in [-0.25, -0.2) is 0 Å². The summed E-state index contributed by atoms with van der Waals surface area (Å²) in [7, 11) is 0. The number of carbonyl (C=O) groups excluding carboxylic acids is 2. The maximum absolute atomic E-state index is 12.1. The van der Waals surface area contributed by atoms with E-state index in [4.69, 9.17) is 5.73 Å². The number of rotatable bonds is 4. The molecule has 0 saturated heterocycles. The van der Waals surface area contributed by atoms with Crippen molar-refractivity contribution < 1.29 is 9.59 Å². The van der Waals surface area contributed by atoms with E-state index in [1.807, 2.05) is 24.3 Å². The number of carbonyl (C=O) groups is 2. The minimum Gasteiger partial charge on any atom is -0.352 e. The van der Waals surface area contributed by atoms with Gasteiger partial charge in [-0.05, 0) is 37.0 Å². The van der Waals surface area contributed by atoms with Crippen molar-refractivity contribution in [2.45, 2.75) is 45.2 Å². The van der Waals surface area contributed by atoms with Crippen molar-refractivity contribution in [3.8, 4) is 0 Å². The molecule has 2 rings (SSSR count). The summed E-state index contributed by atoms with van der Waals surface area (Å²) in [4.78, 5) is 23.2. The number of hydrogen-bond acceptors (Lipinski definition) is 3. The van der Waals surface area contributed by atoms with Crippen LogP contribution in [0.3, 0.4) is 0 Å². The summed E-state index contributed by atoms with van der Waals surface area (Å²) in [5.41, 5.74) is 7.63. The zero-order valence-corrected chi connectivity index (χ0v) is 13.6. The smallest absolute Gasteiger partial charge is 0.223 e. The molecule has 6 heteroatoms. The summed E-state index contributed by atoms with van der Waals surface area (Å²) < 4.78 is 0. The predicted molar refractivity (Wildman–Crippen MR) is 89.8 cm³/mol. The Morgan fingerprint density at radius 1 is 1.32 bits per heavy atom. The normalized spacial score (nSPS) is 20.6. The van der Waals surface area contributed by atoms with E-state index < -0.39 is 0 Å². The predicted octanol–water partition coefficient (Wildman–Crippen LogP) is 2.20. The third-order valence-electron chi connectivity index (χ3n) is 3.80. The molecule has 4 N–H and O–H groups in total. The summed E-state index contributed by atoms with van der Waals surface area (Å²) in [6, 6.07) is 7.64. The van der Waals surface area contributed by atoms with Gasteiger partial charge in [-0.3, -0.25) is 9.59 Å². The molecule has 1 aliphatic rings. The number of hydrogen-bond donors (Lipinski definition) is 3. The third kappa shape index (κ3) is 5.66. The molecular weight excluding hydrogens is 302 g/mol. The summed E-state index contributed by atoms with van der Waals surface area (Å²) in [5.74, 6) is 0.00901. The molecule has 0 bridgehead atoms. The van der Waals surface area contributed by atoms with Crippen LogP contribution in [0.4, 0.5) is 5.69 Å². The topological polar surface area (TPSA) is 84.2 Å². The minimum atomic E-state index is -0.104. The van der Waals surface area contributed by atoms with Crippen LogP contribution in [0.2, 0.25) is 0 Å². The van der Waals surface area contributed by atoms with Gasteiger partial charge in [0.05, 0.1) is 0 Å². The van der Waals surface area contributed by atoms with Crippen molar-refractivity contribution >= 4 is 29.9 Å². The van der Waals surface area contributed by atoms with Crippen molar-refractivity contribution in [2.75, 3.05) is 5.32 Å². The molecule has 1 aromatic carbocycles. The van der Waals surface area contributed by atoms with Crippen molar-refractivity contribution in [3.63, 3.8) is 0 Å².